The van der Waals surface area contributed by atoms with Crippen LogP contribution in [0.25, 0.3) is 0 Å². The zero-order chi connectivity index (χ0) is 9.68. The quantitative estimate of drug-likeness (QED) is 0.500. The van der Waals surface area contributed by atoms with Crippen molar-refractivity contribution in [2.24, 2.45) is 11.7 Å². The van der Waals surface area contributed by atoms with E-state index in [9.17, 15) is 0 Å². The third-order valence-electron chi connectivity index (χ3n) is 2.76. The van der Waals surface area contributed by atoms with Gasteiger partial charge in [0.15, 0.2) is 0 Å². The summed E-state index contributed by atoms with van der Waals surface area (Å²) < 4.78 is 0. The molecule has 0 aromatic carbocycles. The van der Waals surface area contributed by atoms with Crippen molar-refractivity contribution in [3.8, 4) is 0 Å². The van der Waals surface area contributed by atoms with Crippen LogP contribution in [0, 0.1) is 11.3 Å². The van der Waals surface area contributed by atoms with Gasteiger partial charge in [0.25, 0.3) is 0 Å². The number of nitrogens with one attached hydrogen (secondary N) is 1. The van der Waals surface area contributed by atoms with Crippen LogP contribution in [0.1, 0.15) is 32.6 Å². The molecule has 1 saturated heterocycles. The number of rotatable bonds is 5. The zero-order valence-electron chi connectivity index (χ0n) is 8.55. The van der Waals surface area contributed by atoms with Crippen molar-refractivity contribution < 1.29 is 0 Å². The van der Waals surface area contributed by atoms with Gasteiger partial charge in [-0.1, -0.05) is 13.3 Å². The van der Waals surface area contributed by atoms with Crippen molar-refractivity contribution in [2.45, 2.75) is 32.6 Å². The van der Waals surface area contributed by atoms with Crippen LogP contribution in [0.2, 0.25) is 0 Å². The zero-order valence-corrected chi connectivity index (χ0v) is 8.55. The van der Waals surface area contributed by atoms with Crippen LogP contribution in [-0.2, 0) is 0 Å². The van der Waals surface area contributed by atoms with E-state index in [1.54, 1.807) is 0 Å². The highest BCUT2D eigenvalue weighted by molar-refractivity contribution is 5.76. The Morgan fingerprint density at radius 1 is 1.62 bits per heavy atom. The maximum Gasteiger partial charge on any atom is 0.0918 e. The van der Waals surface area contributed by atoms with Crippen molar-refractivity contribution in [1.82, 2.24) is 4.90 Å². The van der Waals surface area contributed by atoms with Gasteiger partial charge in [-0.3, -0.25) is 5.41 Å². The maximum atomic E-state index is 7.14. The van der Waals surface area contributed by atoms with Crippen LogP contribution in [0.3, 0.4) is 0 Å². The van der Waals surface area contributed by atoms with Crippen molar-refractivity contribution in [3.05, 3.63) is 0 Å². The molecule has 1 atom stereocenters. The lowest BCUT2D eigenvalue weighted by atomic mass is 10.0. The second-order valence-electron chi connectivity index (χ2n) is 4.02. The van der Waals surface area contributed by atoms with Crippen molar-refractivity contribution in [1.29, 1.82) is 5.41 Å². The van der Waals surface area contributed by atoms with Gasteiger partial charge in [0.05, 0.1) is 5.84 Å². The molecule has 0 saturated carbocycles. The first-order valence-corrected chi connectivity index (χ1v) is 5.27. The van der Waals surface area contributed by atoms with Gasteiger partial charge in [-0.2, -0.15) is 0 Å². The summed E-state index contributed by atoms with van der Waals surface area (Å²) in [6.45, 7) is 5.66. The van der Waals surface area contributed by atoms with Crippen LogP contribution in [-0.4, -0.2) is 30.4 Å². The molecule has 1 aliphatic rings. The summed E-state index contributed by atoms with van der Waals surface area (Å²) in [6, 6.07) is 0. The number of nitrogens with zero attached hydrogens (tertiary/aromatic N) is 1. The van der Waals surface area contributed by atoms with Crippen LogP contribution >= 0.6 is 0 Å². The minimum absolute atomic E-state index is 0.318. The maximum absolute atomic E-state index is 7.14. The Morgan fingerprint density at radius 2 is 2.38 bits per heavy atom. The minimum atomic E-state index is 0.318. The van der Waals surface area contributed by atoms with E-state index < -0.39 is 0 Å². The molecular formula is C10H21N3. The minimum Gasteiger partial charge on any atom is -0.388 e. The topological polar surface area (TPSA) is 53.1 Å². The summed E-state index contributed by atoms with van der Waals surface area (Å²) in [5, 5.41) is 7.14. The highest BCUT2D eigenvalue weighted by atomic mass is 15.1. The molecule has 1 rings (SSSR count). The van der Waals surface area contributed by atoms with Gasteiger partial charge in [-0.25, -0.2) is 0 Å². The molecule has 13 heavy (non-hydrogen) atoms. The van der Waals surface area contributed by atoms with Crippen molar-refractivity contribution >= 4 is 5.84 Å². The number of hydrogen-bond acceptors (Lipinski definition) is 2. The Morgan fingerprint density at radius 3 is 3.00 bits per heavy atom. The third kappa shape index (κ3) is 3.77. The third-order valence-corrected chi connectivity index (χ3v) is 2.76. The van der Waals surface area contributed by atoms with Gasteiger partial charge >= 0.3 is 0 Å². The van der Waals surface area contributed by atoms with Gasteiger partial charge in [-0.15, -0.1) is 0 Å². The molecule has 1 aliphatic heterocycles. The highest BCUT2D eigenvalue weighted by Gasteiger charge is 2.20. The monoisotopic (exact) mass is 183 g/mol. The Hall–Kier alpha value is -0.570. The molecule has 1 fully saturated rings. The lowest BCUT2D eigenvalue weighted by molar-refractivity contribution is 0.329. The largest absolute Gasteiger partial charge is 0.388 e. The van der Waals surface area contributed by atoms with Crippen LogP contribution in [0.5, 0.6) is 0 Å². The average molecular weight is 183 g/mol. The molecule has 0 amide bonds. The van der Waals surface area contributed by atoms with E-state index in [0.717, 1.165) is 18.9 Å². The van der Waals surface area contributed by atoms with Gasteiger partial charge < -0.3 is 10.6 Å². The second kappa shape index (κ2) is 5.22. The van der Waals surface area contributed by atoms with E-state index in [2.05, 4.69) is 11.8 Å². The first-order chi connectivity index (χ1) is 6.22. The molecule has 3 nitrogen and oxygen atoms in total. The van der Waals surface area contributed by atoms with Crippen LogP contribution in [0.4, 0.5) is 0 Å². The van der Waals surface area contributed by atoms with Gasteiger partial charge in [0.2, 0.25) is 0 Å². The normalized spacial score (nSPS) is 23.6. The molecule has 0 spiro atoms. The first-order valence-electron chi connectivity index (χ1n) is 5.27. The SMILES string of the molecule is CCCC1CCN(CCC(=N)N)C1. The molecular weight excluding hydrogens is 162 g/mol. The second-order valence-corrected chi connectivity index (χ2v) is 4.02. The summed E-state index contributed by atoms with van der Waals surface area (Å²) in [7, 11) is 0. The Bertz CT molecular complexity index is 168. The molecule has 1 unspecified atom stereocenters. The molecule has 0 bridgehead atoms. The van der Waals surface area contributed by atoms with E-state index in [1.807, 2.05) is 0 Å². The van der Waals surface area contributed by atoms with E-state index in [0.29, 0.717) is 5.84 Å². The molecule has 76 valence electrons. The lowest BCUT2D eigenvalue weighted by Crippen LogP contribution is -2.25. The smallest absolute Gasteiger partial charge is 0.0918 e. The fraction of sp³-hybridized carbons (Fsp3) is 0.900. The standard InChI is InChI=1S/C10H21N3/c1-2-3-9-4-6-13(8-9)7-5-10(11)12/h9H,2-8H2,1H3,(H3,11,12). The molecule has 0 aromatic rings. The Balaban J connectivity index is 2.13. The average Bonchev–Trinajstić information content (AvgIpc) is 2.50. The summed E-state index contributed by atoms with van der Waals surface area (Å²) in [4.78, 5) is 2.43. The number of hydrogen-bond donors (Lipinski definition) is 2. The molecule has 0 radical (unpaired) electrons. The number of likely N-dealkylation sites (tertiary alicyclic amines) is 1. The molecule has 0 aromatic heterocycles. The van der Waals surface area contributed by atoms with Crippen molar-refractivity contribution in [2.75, 3.05) is 19.6 Å². The predicted molar refractivity (Wildman–Crippen MR) is 56.0 cm³/mol. The van der Waals surface area contributed by atoms with Crippen LogP contribution in [0.15, 0.2) is 0 Å². The lowest BCUT2D eigenvalue weighted by Gasteiger charge is -2.14. The Labute approximate surface area is 80.8 Å². The summed E-state index contributed by atoms with van der Waals surface area (Å²) in [5.41, 5.74) is 5.32. The highest BCUT2D eigenvalue weighted by Crippen LogP contribution is 2.20. The van der Waals surface area contributed by atoms with E-state index in [-0.39, 0.29) is 0 Å². The summed E-state index contributed by atoms with van der Waals surface area (Å²) in [5.74, 6) is 1.22. The predicted octanol–water partition coefficient (Wildman–Crippen LogP) is 1.43. The molecule has 0 aliphatic carbocycles. The Kier molecular flexibility index (Phi) is 4.22. The molecule has 1 heterocycles. The first kappa shape index (κ1) is 10.5. The van der Waals surface area contributed by atoms with E-state index in [4.69, 9.17) is 11.1 Å². The van der Waals surface area contributed by atoms with Gasteiger partial charge in [0, 0.05) is 19.5 Å². The fourth-order valence-corrected chi connectivity index (χ4v) is 2.04. The van der Waals surface area contributed by atoms with E-state index >= 15 is 0 Å². The van der Waals surface area contributed by atoms with Gasteiger partial charge in [-0.05, 0) is 25.3 Å². The van der Waals surface area contributed by atoms with E-state index in [1.165, 1.54) is 32.4 Å². The fourth-order valence-electron chi connectivity index (χ4n) is 2.04. The summed E-state index contributed by atoms with van der Waals surface area (Å²) in [6.07, 6.45) is 4.73. The van der Waals surface area contributed by atoms with Crippen LogP contribution < -0.4 is 5.73 Å². The number of amidine groups is 1. The van der Waals surface area contributed by atoms with Crippen molar-refractivity contribution in [3.63, 3.8) is 0 Å². The molecule has 3 heteroatoms. The van der Waals surface area contributed by atoms with Gasteiger partial charge in [0.1, 0.15) is 0 Å². The summed E-state index contributed by atoms with van der Waals surface area (Å²) >= 11 is 0. The molecule has 3 N–H and O–H groups in total. The number of nitrogens with two attached hydrogens (primary N) is 1.